The molecular formula is C13H14N2O2S. The Balaban J connectivity index is 2.98. The summed E-state index contributed by atoms with van der Waals surface area (Å²) < 4.78 is 26.3. The minimum atomic E-state index is -3.58. The van der Waals surface area contributed by atoms with Gasteiger partial charge >= 0.3 is 0 Å². The molecule has 0 fully saturated rings. The lowest BCUT2D eigenvalue weighted by atomic mass is 10.1. The van der Waals surface area contributed by atoms with Gasteiger partial charge in [0.1, 0.15) is 0 Å². The van der Waals surface area contributed by atoms with E-state index in [0.29, 0.717) is 11.1 Å². The molecule has 0 spiro atoms. The van der Waals surface area contributed by atoms with Crippen molar-refractivity contribution in [1.82, 2.24) is 4.72 Å². The van der Waals surface area contributed by atoms with Crippen molar-refractivity contribution in [2.24, 2.45) is 0 Å². The number of benzene rings is 1. The highest BCUT2D eigenvalue weighted by molar-refractivity contribution is 7.88. The minimum Gasteiger partial charge on any atom is -0.212 e. The highest BCUT2D eigenvalue weighted by atomic mass is 32.2. The zero-order chi connectivity index (χ0) is 13.8. The summed E-state index contributed by atoms with van der Waals surface area (Å²) in [5, 5.41) is 8.90. The molecule has 0 saturated heterocycles. The maximum absolute atomic E-state index is 11.9. The van der Waals surface area contributed by atoms with Gasteiger partial charge in [0.05, 0.1) is 22.9 Å². The molecule has 0 heterocycles. The van der Waals surface area contributed by atoms with Crippen LogP contribution in [0.25, 0.3) is 0 Å². The third-order valence-corrected chi connectivity index (χ3v) is 3.77. The molecule has 0 bridgehead atoms. The molecule has 0 saturated carbocycles. The molecule has 0 aliphatic heterocycles. The van der Waals surface area contributed by atoms with E-state index < -0.39 is 15.6 Å². The van der Waals surface area contributed by atoms with E-state index in [0.717, 1.165) is 0 Å². The predicted octanol–water partition coefficient (Wildman–Crippen LogP) is 1.39. The van der Waals surface area contributed by atoms with Crippen molar-refractivity contribution in [3.63, 3.8) is 0 Å². The minimum absolute atomic E-state index is 0.262. The Morgan fingerprint density at radius 3 is 2.56 bits per heavy atom. The fraction of sp³-hybridized carbons (Fsp3) is 0.308. The molecule has 1 aromatic carbocycles. The Labute approximate surface area is 108 Å². The van der Waals surface area contributed by atoms with Crippen LogP contribution in [0.3, 0.4) is 0 Å². The third-order valence-electron chi connectivity index (χ3n) is 2.25. The lowest BCUT2D eigenvalue weighted by molar-refractivity contribution is 0.538. The van der Waals surface area contributed by atoms with Crippen LogP contribution >= 0.6 is 0 Å². The second-order valence-electron chi connectivity index (χ2n) is 4.40. The van der Waals surface area contributed by atoms with E-state index >= 15 is 0 Å². The van der Waals surface area contributed by atoms with E-state index in [-0.39, 0.29) is 5.75 Å². The van der Waals surface area contributed by atoms with Gasteiger partial charge in [-0.25, -0.2) is 8.42 Å². The van der Waals surface area contributed by atoms with Crippen molar-refractivity contribution in [1.29, 1.82) is 5.26 Å². The topological polar surface area (TPSA) is 70.0 Å². The van der Waals surface area contributed by atoms with E-state index in [1.165, 1.54) is 0 Å². The number of nitrogens with zero attached hydrogens (tertiary/aromatic N) is 1. The number of sulfonamides is 1. The van der Waals surface area contributed by atoms with Gasteiger partial charge in [0.25, 0.3) is 0 Å². The normalized spacial score (nSPS) is 11.6. The molecule has 1 aromatic rings. The first-order valence-electron chi connectivity index (χ1n) is 5.27. The van der Waals surface area contributed by atoms with Crippen LogP contribution in [0.4, 0.5) is 0 Å². The van der Waals surface area contributed by atoms with Crippen molar-refractivity contribution < 1.29 is 8.42 Å². The van der Waals surface area contributed by atoms with E-state index in [1.807, 2.05) is 6.07 Å². The second kappa shape index (κ2) is 5.22. The van der Waals surface area contributed by atoms with Gasteiger partial charge in [0.15, 0.2) is 0 Å². The molecule has 0 aliphatic rings. The molecule has 5 heteroatoms. The molecule has 0 unspecified atom stereocenters. The van der Waals surface area contributed by atoms with Crippen molar-refractivity contribution in [2.45, 2.75) is 25.1 Å². The first-order chi connectivity index (χ1) is 8.29. The van der Waals surface area contributed by atoms with Gasteiger partial charge in [0, 0.05) is 0 Å². The van der Waals surface area contributed by atoms with Gasteiger partial charge in [-0.05, 0) is 25.5 Å². The monoisotopic (exact) mass is 262 g/mol. The van der Waals surface area contributed by atoms with Gasteiger partial charge < -0.3 is 0 Å². The Hall–Kier alpha value is -1.82. The third kappa shape index (κ3) is 3.89. The van der Waals surface area contributed by atoms with Crippen LogP contribution < -0.4 is 4.72 Å². The largest absolute Gasteiger partial charge is 0.217 e. The van der Waals surface area contributed by atoms with Gasteiger partial charge in [-0.2, -0.15) is 9.98 Å². The summed E-state index contributed by atoms with van der Waals surface area (Å²) in [5.74, 6) is 2.09. The number of nitrogens with one attached hydrogen (secondary N) is 1. The molecule has 18 heavy (non-hydrogen) atoms. The van der Waals surface area contributed by atoms with Crippen LogP contribution in [0.1, 0.15) is 25.0 Å². The van der Waals surface area contributed by atoms with Crippen molar-refractivity contribution in [2.75, 3.05) is 0 Å². The smallest absolute Gasteiger partial charge is 0.212 e. The van der Waals surface area contributed by atoms with Crippen LogP contribution in [-0.4, -0.2) is 14.0 Å². The van der Waals surface area contributed by atoms with Gasteiger partial charge in [-0.1, -0.05) is 24.1 Å². The zero-order valence-electron chi connectivity index (χ0n) is 10.3. The second-order valence-corrected chi connectivity index (χ2v) is 6.12. The summed E-state index contributed by atoms with van der Waals surface area (Å²) in [6, 6.07) is 8.54. The maximum atomic E-state index is 11.9. The molecule has 0 aromatic heterocycles. The average molecular weight is 262 g/mol. The first kappa shape index (κ1) is 14.2. The number of nitriles is 1. The summed E-state index contributed by atoms with van der Waals surface area (Å²) in [5.41, 5.74) is -0.137. The van der Waals surface area contributed by atoms with Gasteiger partial charge in [0.2, 0.25) is 10.0 Å². The fourth-order valence-corrected chi connectivity index (χ4v) is 2.98. The summed E-state index contributed by atoms with van der Waals surface area (Å²) in [6.45, 7) is 3.20. The van der Waals surface area contributed by atoms with Crippen LogP contribution in [0.15, 0.2) is 24.3 Å². The number of hydrogen-bond acceptors (Lipinski definition) is 3. The van der Waals surface area contributed by atoms with Crippen molar-refractivity contribution >= 4 is 10.0 Å². The molecule has 1 N–H and O–H groups in total. The lowest BCUT2D eigenvalue weighted by Crippen LogP contribution is -2.42. The number of hydrogen-bond donors (Lipinski definition) is 1. The van der Waals surface area contributed by atoms with Crippen molar-refractivity contribution in [3.05, 3.63) is 35.4 Å². The highest BCUT2D eigenvalue weighted by Gasteiger charge is 2.23. The molecule has 0 aliphatic carbocycles. The van der Waals surface area contributed by atoms with E-state index in [2.05, 4.69) is 10.6 Å². The Bertz CT molecular complexity index is 619. The van der Waals surface area contributed by atoms with E-state index in [9.17, 15) is 8.42 Å². The average Bonchev–Trinajstić information content (AvgIpc) is 2.28. The number of terminal acetylenes is 1. The Morgan fingerprint density at radius 2 is 2.00 bits per heavy atom. The van der Waals surface area contributed by atoms with E-state index in [4.69, 9.17) is 11.7 Å². The quantitative estimate of drug-likeness (QED) is 0.834. The van der Waals surface area contributed by atoms with Crippen LogP contribution in [0.5, 0.6) is 0 Å². The van der Waals surface area contributed by atoms with E-state index in [1.54, 1.807) is 38.1 Å². The Morgan fingerprint density at radius 1 is 1.39 bits per heavy atom. The summed E-state index contributed by atoms with van der Waals surface area (Å²) >= 11 is 0. The van der Waals surface area contributed by atoms with Crippen LogP contribution in [-0.2, 0) is 15.8 Å². The summed E-state index contributed by atoms with van der Waals surface area (Å²) in [6.07, 6.45) is 5.23. The van der Waals surface area contributed by atoms with Crippen molar-refractivity contribution in [3.8, 4) is 18.4 Å². The zero-order valence-corrected chi connectivity index (χ0v) is 11.1. The number of rotatable bonds is 4. The lowest BCUT2D eigenvalue weighted by Gasteiger charge is -2.19. The van der Waals surface area contributed by atoms with Gasteiger partial charge in [-0.15, -0.1) is 6.42 Å². The molecule has 0 amide bonds. The van der Waals surface area contributed by atoms with Crippen LogP contribution in [0.2, 0.25) is 0 Å². The molecule has 0 atom stereocenters. The standard InChI is InChI=1S/C13H14N2O2S/c1-4-13(2,3)15-18(16,17)10-12-8-6-5-7-11(12)9-14/h1,5-8,15H,10H2,2-3H3. The molecular weight excluding hydrogens is 248 g/mol. The fourth-order valence-electron chi connectivity index (χ4n) is 1.41. The maximum Gasteiger partial charge on any atom is 0.217 e. The van der Waals surface area contributed by atoms with Gasteiger partial charge in [-0.3, -0.25) is 0 Å². The Kier molecular flexibility index (Phi) is 4.13. The molecule has 0 radical (unpaired) electrons. The van der Waals surface area contributed by atoms with Crippen LogP contribution in [0, 0.1) is 23.7 Å². The molecule has 4 nitrogen and oxygen atoms in total. The highest BCUT2D eigenvalue weighted by Crippen LogP contribution is 2.12. The molecule has 1 rings (SSSR count). The summed E-state index contributed by atoms with van der Waals surface area (Å²) in [7, 11) is -3.58. The molecule has 94 valence electrons. The first-order valence-corrected chi connectivity index (χ1v) is 6.92. The predicted molar refractivity (Wildman–Crippen MR) is 69.8 cm³/mol. The SMILES string of the molecule is C#CC(C)(C)NS(=O)(=O)Cc1ccccc1C#N. The summed E-state index contributed by atoms with van der Waals surface area (Å²) in [4.78, 5) is 0.